The number of ether oxygens (including phenoxy) is 4. The lowest BCUT2D eigenvalue weighted by atomic mass is 9.76. The summed E-state index contributed by atoms with van der Waals surface area (Å²) >= 11 is 0. The van der Waals surface area contributed by atoms with E-state index in [0.29, 0.717) is 86.5 Å². The van der Waals surface area contributed by atoms with Crippen molar-refractivity contribution in [1.29, 1.82) is 0 Å². The molecule has 8 aliphatic rings. The molecule has 6 saturated carbocycles. The molecule has 2 aromatic heterocycles. The Balaban J connectivity index is 0.000000212. The quantitative estimate of drug-likeness (QED) is 0.0385. The highest BCUT2D eigenvalue weighted by molar-refractivity contribution is 7.91. The van der Waals surface area contributed by atoms with Gasteiger partial charge in [-0.2, -0.15) is 0 Å². The third-order valence-corrected chi connectivity index (χ3v) is 24.4. The number of fused-ring (bicyclic) bond motifs is 2. The normalized spacial score (nSPS) is 25.2. The van der Waals surface area contributed by atoms with Gasteiger partial charge in [0.05, 0.1) is 66.8 Å². The van der Waals surface area contributed by atoms with Crippen LogP contribution < -0.4 is 34.1 Å². The average molecular weight is 1420 g/mol. The van der Waals surface area contributed by atoms with Gasteiger partial charge in [-0.25, -0.2) is 26.8 Å². The van der Waals surface area contributed by atoms with Crippen LogP contribution in [0, 0.1) is 51.2 Å². The predicted molar refractivity (Wildman–Crippen MR) is 376 cm³/mol. The maximum Gasteiger partial charge on any atom is 0.303 e. The Labute approximate surface area is 586 Å². The number of aliphatic carboxylic acids is 1. The van der Waals surface area contributed by atoms with Crippen LogP contribution in [0.25, 0.3) is 21.5 Å². The van der Waals surface area contributed by atoms with E-state index in [1.54, 1.807) is 50.9 Å². The van der Waals surface area contributed by atoms with Crippen LogP contribution in [0.2, 0.25) is 0 Å². The number of amides is 4. The van der Waals surface area contributed by atoms with Gasteiger partial charge in [-0.1, -0.05) is 61.1 Å². The van der Waals surface area contributed by atoms with E-state index < -0.39 is 112 Å². The molecule has 4 heterocycles. The molecule has 5 N–H and O–H groups in total. The zero-order valence-electron chi connectivity index (χ0n) is 57.9. The van der Waals surface area contributed by atoms with Gasteiger partial charge in [0, 0.05) is 74.0 Å². The third-order valence-electron chi connectivity index (χ3n) is 20.7. The highest BCUT2D eigenvalue weighted by atomic mass is 32.2. The van der Waals surface area contributed by atoms with Crippen LogP contribution in [0.3, 0.4) is 0 Å². The van der Waals surface area contributed by atoms with Crippen molar-refractivity contribution >= 4 is 88.5 Å². The van der Waals surface area contributed by atoms with Crippen molar-refractivity contribution < 1.29 is 79.2 Å². The van der Waals surface area contributed by atoms with Crippen molar-refractivity contribution in [2.45, 2.75) is 199 Å². The zero-order valence-corrected chi connectivity index (χ0v) is 59.5. The fraction of sp³-hybridized carbons (Fsp3) is 0.595. The maximum atomic E-state index is 14.5. The van der Waals surface area contributed by atoms with Gasteiger partial charge in [-0.15, -0.1) is 13.2 Å². The number of pyridine rings is 2. The largest absolute Gasteiger partial charge is 0.497 e. The molecule has 6 aliphatic carbocycles. The van der Waals surface area contributed by atoms with Crippen molar-refractivity contribution in [2.24, 2.45) is 57.0 Å². The third kappa shape index (κ3) is 17.9. The van der Waals surface area contributed by atoms with E-state index in [1.807, 2.05) is 77.9 Å². The van der Waals surface area contributed by atoms with E-state index in [1.165, 1.54) is 9.80 Å². The van der Waals surface area contributed by atoms with Crippen LogP contribution in [0.15, 0.2) is 86.2 Å². The number of hydrogen-bond acceptors (Lipinski definition) is 19. The number of likely N-dealkylation sites (tertiary alicyclic amines) is 2. The molecular formula is C74H99N7O17S2. The minimum absolute atomic E-state index is 0. The molecule has 0 spiro atoms. The molecule has 4 aromatic rings. The Hall–Kier alpha value is -7.84. The number of ketones is 3. The number of carboxylic acid groups (broad SMARTS) is 1. The summed E-state index contributed by atoms with van der Waals surface area (Å²) in [6.07, 6.45) is 12.9. The van der Waals surface area contributed by atoms with Crippen molar-refractivity contribution in [3.05, 3.63) is 86.2 Å². The number of hydrogen-bond donors (Lipinski definition) is 4. The molecule has 24 nitrogen and oxygen atoms in total. The van der Waals surface area contributed by atoms with Gasteiger partial charge in [0.2, 0.25) is 55.4 Å². The van der Waals surface area contributed by atoms with E-state index in [9.17, 15) is 55.2 Å². The first-order valence-electron chi connectivity index (χ1n) is 34.4. The monoisotopic (exact) mass is 1420 g/mol. The fourth-order valence-corrected chi connectivity index (χ4v) is 16.3. The number of Topliss-reactive ketones (excluding diaryl/α,β-unsaturated/α-hetero) is 3. The van der Waals surface area contributed by atoms with Gasteiger partial charge in [0.15, 0.2) is 11.6 Å². The zero-order chi connectivity index (χ0) is 71.9. The smallest absolute Gasteiger partial charge is 0.303 e. The van der Waals surface area contributed by atoms with Crippen LogP contribution >= 0.6 is 0 Å². The van der Waals surface area contributed by atoms with Crippen molar-refractivity contribution in [3.63, 3.8) is 0 Å². The van der Waals surface area contributed by atoms with Gasteiger partial charge < -0.3 is 39.6 Å². The molecule has 10 atom stereocenters. The molecule has 544 valence electrons. The van der Waals surface area contributed by atoms with Crippen LogP contribution in [0.4, 0.5) is 0 Å². The number of carbonyl (C=O) groups excluding carboxylic acids is 7. The van der Waals surface area contributed by atoms with Gasteiger partial charge in [0.1, 0.15) is 29.5 Å². The predicted octanol–water partition coefficient (Wildman–Crippen LogP) is 9.01. The highest BCUT2D eigenvalue weighted by Crippen LogP contribution is 2.58. The molecule has 2 saturated heterocycles. The van der Waals surface area contributed by atoms with E-state index in [0.717, 1.165) is 47.2 Å². The number of nitrogens with zero attached hydrogens (tertiary/aromatic N) is 4. The second-order valence-electron chi connectivity index (χ2n) is 30.6. The number of sulfonamides is 2. The molecule has 12 rings (SSSR count). The average Bonchev–Trinajstić information content (AvgIpc) is 1.58. The number of nitrogens with two attached hydrogens (primary N) is 1. The van der Waals surface area contributed by atoms with Gasteiger partial charge >= 0.3 is 5.97 Å². The second kappa shape index (κ2) is 30.0. The Kier molecular flexibility index (Phi) is 22.9. The van der Waals surface area contributed by atoms with Crippen LogP contribution in [0.5, 0.6) is 23.3 Å². The van der Waals surface area contributed by atoms with Crippen molar-refractivity contribution in [3.8, 4) is 23.3 Å². The topological polar surface area (TPSA) is 344 Å². The molecule has 100 heavy (non-hydrogen) atoms. The van der Waals surface area contributed by atoms with Crippen LogP contribution in [0.1, 0.15) is 158 Å². The molecule has 0 bridgehead atoms. The Morgan fingerprint density at radius 3 is 1.38 bits per heavy atom. The summed E-state index contributed by atoms with van der Waals surface area (Å²) in [6, 6.07) is 12.0. The molecule has 2 aliphatic heterocycles. The lowest BCUT2D eigenvalue weighted by Gasteiger charge is -2.35. The minimum atomic E-state index is -3.83. The molecule has 8 fully saturated rings. The van der Waals surface area contributed by atoms with Crippen LogP contribution in [-0.2, 0) is 58.4 Å². The number of methoxy groups -OCH3 is 2. The number of carbonyl (C=O) groups is 8. The maximum absolute atomic E-state index is 14.5. The molecule has 2 aromatic carbocycles. The number of allylic oxidation sites excluding steroid dienone is 2. The summed E-state index contributed by atoms with van der Waals surface area (Å²) < 4.78 is 78.3. The van der Waals surface area contributed by atoms with Gasteiger partial charge in [-0.05, 0) is 158 Å². The Morgan fingerprint density at radius 2 is 1.04 bits per heavy atom. The minimum Gasteiger partial charge on any atom is -0.497 e. The first-order chi connectivity index (χ1) is 46.6. The van der Waals surface area contributed by atoms with E-state index in [-0.39, 0.29) is 87.7 Å². The summed E-state index contributed by atoms with van der Waals surface area (Å²) in [5, 5.41) is 10.2. The van der Waals surface area contributed by atoms with Gasteiger partial charge in [-0.3, -0.25) is 47.8 Å². The SMILES string of the molecule is C.C=C[C@@H]1C[C@]1(CC(=O)[C@@H]1CC(Oc2nccc3cc(OC)ccc23)CN1C(=O)[C@@H](CC(=O)CC1CC1)C(C)(C)C)C(=O)NS(=O)(=O)C1CC1.C=C[C@@H]1C[C@]1(CC(=O)[C@@H]1CC(Oc2nccc3cc(OC)ccc23)CN1C(=O)[C@@H](N)C(C)(C)C)C(=O)NS(=O)(=O)C1CC1.O=C(O)CC1CC1. The first kappa shape index (κ1) is 76.3. The number of rotatable bonds is 28. The van der Waals surface area contributed by atoms with E-state index >= 15 is 0 Å². The summed E-state index contributed by atoms with van der Waals surface area (Å²) in [7, 11) is -4.45. The standard InChI is InChI=1S/C37H47N3O8S.C31H40N4O7S.C5H8O2.CH4/c1-6-24-19-37(24,35(44)39-49(45,46)28-10-11-28)20-32(42)31-18-27(48-33-29-12-9-26(47-5)16-23(29)13-14-38-33)21-40(31)34(43)30(36(2,3)4)17-25(41)15-22-7-8-22;1-6-19-15-31(19,29(38)34-43(39,40)22-8-9-22)16-25(36)24-14-21(17-35(24)28(37)26(32)30(2,3)4)42-27-23-10-7-20(41-5)13-18(23)11-12-33-27;6-5(7)3-4-1-2-4;/h6,9,12-14,16,22,24,27-28,30-31H,1,7-8,10-11,15,17-21H2,2-5H3,(H,39,44);6-7,10-13,19,21-22,24,26H,1,8-9,14-17,32H2,2-5H3,(H,34,38);4H,1-3H2,(H,6,7);1H4/t24-,27?,30-,31+,37-;19-,21?,24+,26-,31-;;/m11../s1. The molecular weight excluding hydrogens is 1320 g/mol. The lowest BCUT2D eigenvalue weighted by Crippen LogP contribution is -2.53. The lowest BCUT2D eigenvalue weighted by molar-refractivity contribution is -0.146. The van der Waals surface area contributed by atoms with Crippen molar-refractivity contribution in [1.82, 2.24) is 29.2 Å². The highest BCUT2D eigenvalue weighted by Gasteiger charge is 2.63. The molecule has 2 unspecified atom stereocenters. The molecule has 26 heteroatoms. The summed E-state index contributed by atoms with van der Waals surface area (Å²) in [5.41, 5.74) is 2.74. The number of nitrogens with one attached hydrogen (secondary N) is 2. The number of benzene rings is 2. The second-order valence-corrected chi connectivity index (χ2v) is 34.5. The summed E-state index contributed by atoms with van der Waals surface area (Å²) in [5.74, 6) is -1.79. The van der Waals surface area contributed by atoms with Crippen LogP contribution in [-0.4, -0.2) is 157 Å². The summed E-state index contributed by atoms with van der Waals surface area (Å²) in [6.45, 7) is 19.1. The Bertz CT molecular complexity index is 4060. The van der Waals surface area contributed by atoms with Gasteiger partial charge in [0.25, 0.3) is 0 Å². The van der Waals surface area contributed by atoms with Crippen molar-refractivity contribution in [2.75, 3.05) is 27.3 Å². The first-order valence-corrected chi connectivity index (χ1v) is 37.4. The summed E-state index contributed by atoms with van der Waals surface area (Å²) in [4.78, 5) is 118. The fourth-order valence-electron chi connectivity index (χ4n) is 13.5. The Morgan fingerprint density at radius 1 is 0.630 bits per heavy atom. The number of aromatic nitrogens is 2. The molecule has 0 radical (unpaired) electrons. The molecule has 4 amide bonds. The van der Waals surface area contributed by atoms with E-state index in [4.69, 9.17) is 29.8 Å². The van der Waals surface area contributed by atoms with E-state index in [2.05, 4.69) is 32.6 Å². The number of carboxylic acids is 1.